The summed E-state index contributed by atoms with van der Waals surface area (Å²) < 4.78 is 8.86. The van der Waals surface area contributed by atoms with Gasteiger partial charge in [0.15, 0.2) is 10.2 Å². The second-order valence-corrected chi connectivity index (χ2v) is 5.08. The number of methoxy groups -OCH3 is 2. The number of rotatable bonds is 2. The number of carbonyl (C=O) groups excluding carboxylic acids is 2. The minimum absolute atomic E-state index is 0.00554. The van der Waals surface area contributed by atoms with E-state index in [4.69, 9.17) is 36.0 Å². The van der Waals surface area contributed by atoms with E-state index in [0.29, 0.717) is 16.4 Å². The molecule has 4 N–H and O–H groups in total. The van der Waals surface area contributed by atoms with Crippen LogP contribution in [0.25, 0.3) is 0 Å². The zero-order valence-corrected chi connectivity index (χ0v) is 14.4. The van der Waals surface area contributed by atoms with E-state index in [-0.39, 0.29) is 10.2 Å². The molecule has 2 amide bonds. The first-order valence-corrected chi connectivity index (χ1v) is 7.16. The van der Waals surface area contributed by atoms with Crippen LogP contribution in [-0.4, -0.2) is 36.6 Å². The second-order valence-electron chi connectivity index (χ2n) is 3.83. The monoisotopic (exact) mass is 376 g/mol. The fraction of sp³-hybridized carbons (Fsp3) is 0.167. The van der Waals surface area contributed by atoms with Gasteiger partial charge in [-0.25, -0.2) is 9.59 Å². The average molecular weight is 377 g/mol. The van der Waals surface area contributed by atoms with Gasteiger partial charge in [-0.2, -0.15) is 0 Å². The van der Waals surface area contributed by atoms with Gasteiger partial charge in [0.05, 0.1) is 25.6 Å². The molecule has 0 saturated carbocycles. The molecule has 0 fully saturated rings. The predicted molar refractivity (Wildman–Crippen MR) is 95.0 cm³/mol. The van der Waals surface area contributed by atoms with E-state index in [9.17, 15) is 9.59 Å². The Balaban J connectivity index is 2.84. The van der Waals surface area contributed by atoms with Crippen LogP contribution in [-0.2, 0) is 9.47 Å². The highest BCUT2D eigenvalue weighted by Crippen LogP contribution is 2.25. The van der Waals surface area contributed by atoms with Crippen LogP contribution in [0.3, 0.4) is 0 Å². The molecule has 11 heteroatoms. The van der Waals surface area contributed by atoms with Crippen molar-refractivity contribution >= 4 is 69.8 Å². The maximum atomic E-state index is 11.1. The molecule has 0 aliphatic heterocycles. The molecule has 1 aromatic carbocycles. The number of ether oxygens (including phenoxy) is 2. The number of hydrogen-bond donors (Lipinski definition) is 4. The number of hydrogen-bond acceptors (Lipinski definition) is 6. The minimum Gasteiger partial charge on any atom is -0.453 e. The van der Waals surface area contributed by atoms with Crippen molar-refractivity contribution in [1.82, 2.24) is 10.6 Å². The number of alkyl carbamates (subject to hydrolysis) is 2. The zero-order valence-electron chi connectivity index (χ0n) is 12.1. The van der Waals surface area contributed by atoms with Crippen LogP contribution in [0.2, 0.25) is 5.02 Å². The predicted octanol–water partition coefficient (Wildman–Crippen LogP) is 2.45. The summed E-state index contributed by atoms with van der Waals surface area (Å²) in [5.74, 6) is 0. The highest BCUT2D eigenvalue weighted by Gasteiger charge is 2.10. The third kappa shape index (κ3) is 6.63. The average Bonchev–Trinajstić information content (AvgIpc) is 2.49. The first-order valence-electron chi connectivity index (χ1n) is 5.97. The number of amides is 2. The number of nitrogens with one attached hydrogen (secondary N) is 4. The van der Waals surface area contributed by atoms with E-state index >= 15 is 0 Å². The highest BCUT2D eigenvalue weighted by molar-refractivity contribution is 7.80. The molecule has 124 valence electrons. The number of thiocarbonyl (C=S) groups is 2. The maximum absolute atomic E-state index is 11.1. The summed E-state index contributed by atoms with van der Waals surface area (Å²) in [6, 6.07) is 4.76. The van der Waals surface area contributed by atoms with Crippen LogP contribution in [0.4, 0.5) is 21.0 Å². The van der Waals surface area contributed by atoms with Gasteiger partial charge in [-0.1, -0.05) is 11.6 Å². The van der Waals surface area contributed by atoms with Gasteiger partial charge < -0.3 is 20.1 Å². The summed E-state index contributed by atoms with van der Waals surface area (Å²) >= 11 is 15.9. The largest absolute Gasteiger partial charge is 0.453 e. The summed E-state index contributed by atoms with van der Waals surface area (Å²) in [6.07, 6.45) is -1.43. The lowest BCUT2D eigenvalue weighted by atomic mass is 10.2. The molecule has 0 aliphatic carbocycles. The number of carbonyl (C=O) groups is 2. The van der Waals surface area contributed by atoms with Crippen LogP contribution in [0.5, 0.6) is 0 Å². The molecule has 0 saturated heterocycles. The summed E-state index contributed by atoms with van der Waals surface area (Å²) in [5.41, 5.74) is 0.887. The Hall–Kier alpha value is -2.17. The van der Waals surface area contributed by atoms with Crippen LogP contribution in [0.15, 0.2) is 18.2 Å². The lowest BCUT2D eigenvalue weighted by Gasteiger charge is -2.15. The van der Waals surface area contributed by atoms with E-state index < -0.39 is 12.2 Å². The van der Waals surface area contributed by atoms with E-state index in [1.165, 1.54) is 14.2 Å². The lowest BCUT2D eigenvalue weighted by molar-refractivity contribution is 0.176. The van der Waals surface area contributed by atoms with Crippen LogP contribution in [0, 0.1) is 0 Å². The Morgan fingerprint density at radius 3 is 1.91 bits per heavy atom. The van der Waals surface area contributed by atoms with Crippen molar-refractivity contribution in [3.8, 4) is 0 Å². The fourth-order valence-corrected chi connectivity index (χ4v) is 1.88. The van der Waals surface area contributed by atoms with Gasteiger partial charge in [-0.3, -0.25) is 10.6 Å². The first-order chi connectivity index (χ1) is 10.8. The maximum Gasteiger partial charge on any atom is 0.413 e. The van der Waals surface area contributed by atoms with Gasteiger partial charge in [0.2, 0.25) is 0 Å². The van der Waals surface area contributed by atoms with E-state index in [1.54, 1.807) is 18.2 Å². The molecule has 8 nitrogen and oxygen atoms in total. The van der Waals surface area contributed by atoms with Crippen LogP contribution < -0.4 is 21.3 Å². The van der Waals surface area contributed by atoms with Crippen molar-refractivity contribution in [3.63, 3.8) is 0 Å². The summed E-state index contributed by atoms with van der Waals surface area (Å²) in [4.78, 5) is 22.2. The van der Waals surface area contributed by atoms with E-state index in [1.807, 2.05) is 0 Å². The molecule has 0 bridgehead atoms. The Morgan fingerprint density at radius 1 is 0.957 bits per heavy atom. The molecule has 0 atom stereocenters. The Morgan fingerprint density at radius 2 is 1.43 bits per heavy atom. The van der Waals surface area contributed by atoms with Gasteiger partial charge in [-0.05, 0) is 42.6 Å². The highest BCUT2D eigenvalue weighted by atomic mass is 35.5. The lowest BCUT2D eigenvalue weighted by Crippen LogP contribution is -2.35. The molecular weight excluding hydrogens is 364 g/mol. The molecule has 23 heavy (non-hydrogen) atoms. The van der Waals surface area contributed by atoms with Gasteiger partial charge in [0, 0.05) is 5.02 Å². The topological polar surface area (TPSA) is 101 Å². The molecular formula is C12H13ClN4O4S2. The standard InChI is InChI=1S/C12H13ClN4O4S2/c1-20-11(18)16-9(22)14-7-4-3-6(13)5-8(7)15-10(23)17-12(19)21-2/h3-5H,1-2H3,(H2,14,16,18,22)(H2,15,17,19,23). The SMILES string of the molecule is COC(=O)NC(=S)Nc1ccc(Cl)cc1NC(=S)NC(=O)OC. The third-order valence-corrected chi connectivity index (χ3v) is 2.92. The second kappa shape index (κ2) is 9.08. The van der Waals surface area contributed by atoms with Crippen molar-refractivity contribution in [2.24, 2.45) is 0 Å². The Kier molecular flexibility index (Phi) is 7.45. The zero-order chi connectivity index (χ0) is 17.4. The van der Waals surface area contributed by atoms with Crippen LogP contribution >= 0.6 is 36.0 Å². The quantitative estimate of drug-likeness (QED) is 0.584. The summed E-state index contributed by atoms with van der Waals surface area (Å²) in [6.45, 7) is 0. The van der Waals surface area contributed by atoms with Gasteiger partial charge in [0.25, 0.3) is 0 Å². The fourth-order valence-electron chi connectivity index (χ4n) is 1.32. The van der Waals surface area contributed by atoms with Crippen molar-refractivity contribution in [2.75, 3.05) is 24.9 Å². The molecule has 0 aromatic heterocycles. The smallest absolute Gasteiger partial charge is 0.413 e. The molecule has 0 unspecified atom stereocenters. The minimum atomic E-state index is -0.720. The van der Waals surface area contributed by atoms with Gasteiger partial charge in [-0.15, -0.1) is 0 Å². The van der Waals surface area contributed by atoms with Crippen molar-refractivity contribution < 1.29 is 19.1 Å². The molecule has 1 rings (SSSR count). The summed E-state index contributed by atoms with van der Waals surface area (Å²) in [7, 11) is 2.42. The van der Waals surface area contributed by atoms with E-state index in [2.05, 4.69) is 30.7 Å². The van der Waals surface area contributed by atoms with Crippen LogP contribution in [0.1, 0.15) is 0 Å². The molecule has 1 aromatic rings. The number of anilines is 2. The molecule has 0 heterocycles. The number of benzene rings is 1. The Bertz CT molecular complexity index is 641. The van der Waals surface area contributed by atoms with Crippen molar-refractivity contribution in [2.45, 2.75) is 0 Å². The normalized spacial score (nSPS) is 9.35. The van der Waals surface area contributed by atoms with Gasteiger partial charge in [0.1, 0.15) is 0 Å². The van der Waals surface area contributed by atoms with E-state index in [0.717, 1.165) is 0 Å². The Labute approximate surface area is 147 Å². The third-order valence-electron chi connectivity index (χ3n) is 2.28. The molecule has 0 aliphatic rings. The first kappa shape index (κ1) is 18.9. The number of halogens is 1. The van der Waals surface area contributed by atoms with Gasteiger partial charge >= 0.3 is 12.2 Å². The molecule has 0 spiro atoms. The van der Waals surface area contributed by atoms with Crippen molar-refractivity contribution in [3.05, 3.63) is 23.2 Å². The van der Waals surface area contributed by atoms with Crippen molar-refractivity contribution in [1.29, 1.82) is 0 Å². The molecule has 0 radical (unpaired) electrons. The summed E-state index contributed by atoms with van der Waals surface area (Å²) in [5, 5.41) is 10.5.